The highest BCUT2D eigenvalue weighted by atomic mass is 32.2. The van der Waals surface area contributed by atoms with Gasteiger partial charge in [-0.15, -0.1) is 0 Å². The molecule has 0 aliphatic rings. The molecule has 1 aromatic rings. The van der Waals surface area contributed by atoms with Gasteiger partial charge in [-0.05, 0) is 58.7 Å². The molecule has 3 nitrogen and oxygen atoms in total. The fourth-order valence-corrected chi connectivity index (χ4v) is 3.59. The predicted octanol–water partition coefficient (Wildman–Crippen LogP) is 3.19. The molecule has 0 fully saturated rings. The van der Waals surface area contributed by atoms with Crippen molar-refractivity contribution < 1.29 is 13.2 Å². The van der Waals surface area contributed by atoms with Gasteiger partial charge in [0.1, 0.15) is 5.75 Å². The SMILES string of the molecule is COc1cc(C)c(C)c(S(=O)(=O)C(C)(C)C)c1C. The van der Waals surface area contributed by atoms with E-state index in [1.54, 1.807) is 34.8 Å². The molecule has 0 atom stereocenters. The van der Waals surface area contributed by atoms with Crippen LogP contribution in [0.4, 0.5) is 0 Å². The highest BCUT2D eigenvalue weighted by Crippen LogP contribution is 2.36. The van der Waals surface area contributed by atoms with Gasteiger partial charge in [0, 0.05) is 5.56 Å². The fraction of sp³-hybridized carbons (Fsp3) is 0.571. The number of ether oxygens (including phenoxy) is 1. The molecule has 0 radical (unpaired) electrons. The van der Waals surface area contributed by atoms with Crippen LogP contribution in [0.1, 0.15) is 37.5 Å². The van der Waals surface area contributed by atoms with E-state index in [2.05, 4.69) is 0 Å². The summed E-state index contributed by atoms with van der Waals surface area (Å²) in [6, 6.07) is 1.88. The fourth-order valence-electron chi connectivity index (χ4n) is 1.91. The number of hydrogen-bond donors (Lipinski definition) is 0. The Morgan fingerprint density at radius 2 is 1.56 bits per heavy atom. The van der Waals surface area contributed by atoms with Gasteiger partial charge < -0.3 is 4.74 Å². The van der Waals surface area contributed by atoms with Crippen LogP contribution in [0.2, 0.25) is 0 Å². The van der Waals surface area contributed by atoms with Gasteiger partial charge in [0.15, 0.2) is 9.84 Å². The van der Waals surface area contributed by atoms with Crippen LogP contribution in [0.5, 0.6) is 5.75 Å². The van der Waals surface area contributed by atoms with Gasteiger partial charge in [0.25, 0.3) is 0 Å². The first-order valence-electron chi connectivity index (χ1n) is 5.93. The van der Waals surface area contributed by atoms with Gasteiger partial charge in [0.05, 0.1) is 16.8 Å². The Bertz CT molecular complexity index is 564. The molecule has 0 heterocycles. The van der Waals surface area contributed by atoms with E-state index in [1.165, 1.54) is 0 Å². The Balaban J connectivity index is 3.76. The van der Waals surface area contributed by atoms with E-state index in [0.717, 1.165) is 11.1 Å². The van der Waals surface area contributed by atoms with Crippen molar-refractivity contribution in [3.05, 3.63) is 22.8 Å². The molecule has 18 heavy (non-hydrogen) atoms. The normalized spacial score (nSPS) is 12.6. The zero-order chi connectivity index (χ0) is 14.3. The summed E-state index contributed by atoms with van der Waals surface area (Å²) in [7, 11) is -1.81. The maximum atomic E-state index is 12.7. The number of sulfone groups is 1. The average Bonchev–Trinajstić information content (AvgIpc) is 2.21. The molecule has 0 amide bonds. The first kappa shape index (κ1) is 15.0. The summed E-state index contributed by atoms with van der Waals surface area (Å²) in [6.45, 7) is 10.7. The van der Waals surface area contributed by atoms with E-state index >= 15 is 0 Å². The monoisotopic (exact) mass is 270 g/mol. The molecule has 0 N–H and O–H groups in total. The van der Waals surface area contributed by atoms with Crippen LogP contribution in [0.25, 0.3) is 0 Å². The summed E-state index contributed by atoms with van der Waals surface area (Å²) in [6.07, 6.45) is 0. The summed E-state index contributed by atoms with van der Waals surface area (Å²) < 4.78 is 29.8. The first-order valence-corrected chi connectivity index (χ1v) is 7.41. The van der Waals surface area contributed by atoms with Crippen molar-refractivity contribution >= 4 is 9.84 Å². The van der Waals surface area contributed by atoms with Crippen molar-refractivity contribution in [2.75, 3.05) is 7.11 Å². The minimum absolute atomic E-state index is 0.409. The Labute approximate surface area is 110 Å². The van der Waals surface area contributed by atoms with Gasteiger partial charge in [-0.2, -0.15) is 0 Å². The van der Waals surface area contributed by atoms with Crippen molar-refractivity contribution in [2.24, 2.45) is 0 Å². The lowest BCUT2D eigenvalue weighted by Gasteiger charge is -2.24. The van der Waals surface area contributed by atoms with E-state index in [0.29, 0.717) is 16.2 Å². The molecule has 0 aliphatic carbocycles. The van der Waals surface area contributed by atoms with Crippen molar-refractivity contribution in [2.45, 2.75) is 51.2 Å². The van der Waals surface area contributed by atoms with Gasteiger partial charge in [0.2, 0.25) is 0 Å². The minimum Gasteiger partial charge on any atom is -0.496 e. The number of aryl methyl sites for hydroxylation is 1. The van der Waals surface area contributed by atoms with E-state index in [4.69, 9.17) is 4.74 Å². The lowest BCUT2D eigenvalue weighted by molar-refractivity contribution is 0.409. The molecule has 0 saturated carbocycles. The average molecular weight is 270 g/mol. The van der Waals surface area contributed by atoms with Crippen LogP contribution in [-0.2, 0) is 9.84 Å². The van der Waals surface area contributed by atoms with Crippen molar-refractivity contribution in [1.82, 2.24) is 0 Å². The Hall–Kier alpha value is -1.03. The number of methoxy groups -OCH3 is 1. The van der Waals surface area contributed by atoms with Crippen molar-refractivity contribution in [3.8, 4) is 5.75 Å². The third-order valence-corrected chi connectivity index (χ3v) is 6.05. The molecule has 0 bridgehead atoms. The molecule has 1 aromatic carbocycles. The number of benzene rings is 1. The van der Waals surface area contributed by atoms with Crippen LogP contribution < -0.4 is 4.74 Å². The minimum atomic E-state index is -3.37. The first-order chi connectivity index (χ1) is 8.04. The topological polar surface area (TPSA) is 43.4 Å². The Morgan fingerprint density at radius 1 is 1.06 bits per heavy atom. The van der Waals surface area contributed by atoms with Crippen LogP contribution in [-0.4, -0.2) is 20.3 Å². The number of hydrogen-bond acceptors (Lipinski definition) is 3. The zero-order valence-corrected chi connectivity index (χ0v) is 13.0. The molecular formula is C14H22O3S. The Morgan fingerprint density at radius 3 is 1.94 bits per heavy atom. The zero-order valence-electron chi connectivity index (χ0n) is 12.2. The summed E-state index contributed by atoms with van der Waals surface area (Å²) in [5.41, 5.74) is 2.43. The van der Waals surface area contributed by atoms with Gasteiger partial charge >= 0.3 is 0 Å². The highest BCUT2D eigenvalue weighted by Gasteiger charge is 2.34. The number of rotatable bonds is 2. The molecule has 0 spiro atoms. The van der Waals surface area contributed by atoms with Crippen LogP contribution in [0, 0.1) is 20.8 Å². The van der Waals surface area contributed by atoms with Crippen molar-refractivity contribution in [3.63, 3.8) is 0 Å². The molecule has 0 saturated heterocycles. The smallest absolute Gasteiger partial charge is 0.183 e. The maximum absolute atomic E-state index is 12.7. The second-order valence-electron chi connectivity index (χ2n) is 5.59. The van der Waals surface area contributed by atoms with Crippen LogP contribution >= 0.6 is 0 Å². The molecular weight excluding hydrogens is 248 g/mol. The summed E-state index contributed by atoms with van der Waals surface area (Å²) >= 11 is 0. The predicted molar refractivity (Wildman–Crippen MR) is 74.1 cm³/mol. The van der Waals surface area contributed by atoms with E-state index < -0.39 is 14.6 Å². The Kier molecular flexibility index (Phi) is 3.82. The van der Waals surface area contributed by atoms with Crippen molar-refractivity contribution in [1.29, 1.82) is 0 Å². The molecule has 1 rings (SSSR count). The van der Waals surface area contributed by atoms with Gasteiger partial charge in [-0.1, -0.05) is 0 Å². The molecule has 4 heteroatoms. The van der Waals surface area contributed by atoms with E-state index in [9.17, 15) is 8.42 Å². The molecule has 0 unspecified atom stereocenters. The molecule has 102 valence electrons. The largest absolute Gasteiger partial charge is 0.496 e. The summed E-state index contributed by atoms with van der Waals surface area (Å²) in [5.74, 6) is 0.626. The van der Waals surface area contributed by atoms with E-state index in [-0.39, 0.29) is 0 Å². The second-order valence-corrected chi connectivity index (χ2v) is 8.23. The maximum Gasteiger partial charge on any atom is 0.183 e. The summed E-state index contributed by atoms with van der Waals surface area (Å²) in [5, 5.41) is 0. The van der Waals surface area contributed by atoms with Crippen LogP contribution in [0.15, 0.2) is 11.0 Å². The molecule has 0 aromatic heterocycles. The van der Waals surface area contributed by atoms with Gasteiger partial charge in [-0.3, -0.25) is 0 Å². The standard InChI is InChI=1S/C14H22O3S/c1-9-8-12(17-7)11(3)13(10(9)2)18(15,16)14(4,5)6/h8H,1-7H3. The third kappa shape index (κ3) is 2.26. The summed E-state index contributed by atoms with van der Waals surface area (Å²) in [4.78, 5) is 0.409. The third-order valence-electron chi connectivity index (χ3n) is 3.28. The highest BCUT2D eigenvalue weighted by molar-refractivity contribution is 7.92. The molecule has 0 aliphatic heterocycles. The second kappa shape index (κ2) is 4.57. The van der Waals surface area contributed by atoms with Gasteiger partial charge in [-0.25, -0.2) is 8.42 Å². The quantitative estimate of drug-likeness (QED) is 0.829. The van der Waals surface area contributed by atoms with E-state index in [1.807, 2.05) is 19.9 Å². The lowest BCUT2D eigenvalue weighted by Crippen LogP contribution is -2.29. The van der Waals surface area contributed by atoms with Crippen LogP contribution in [0.3, 0.4) is 0 Å². The lowest BCUT2D eigenvalue weighted by atomic mass is 10.1.